The molecule has 0 saturated carbocycles. The first-order valence-electron chi connectivity index (χ1n) is 7.95. The highest BCUT2D eigenvalue weighted by molar-refractivity contribution is 5.93. The maximum absolute atomic E-state index is 13.6. The number of amidine groups is 1. The van der Waals surface area contributed by atoms with Gasteiger partial charge in [-0.15, -0.1) is 0 Å². The molecule has 0 amide bonds. The summed E-state index contributed by atoms with van der Waals surface area (Å²) < 4.78 is 13.6. The first kappa shape index (κ1) is 14.7. The number of hydrogen-bond donors (Lipinski definition) is 4. The molecule has 2 aliphatic rings. The second-order valence-corrected chi connectivity index (χ2v) is 5.73. The van der Waals surface area contributed by atoms with Crippen molar-refractivity contribution in [3.05, 3.63) is 64.3 Å². The van der Waals surface area contributed by atoms with Gasteiger partial charge in [0.1, 0.15) is 17.5 Å². The van der Waals surface area contributed by atoms with Gasteiger partial charge in [-0.25, -0.2) is 9.38 Å². The van der Waals surface area contributed by atoms with Crippen LogP contribution >= 0.6 is 0 Å². The lowest BCUT2D eigenvalue weighted by Gasteiger charge is -2.22. The molecule has 2 aromatic carbocycles. The Balaban J connectivity index is 1.41. The maximum Gasteiger partial charge on any atom is 0.133 e. The van der Waals surface area contributed by atoms with Crippen LogP contribution in [-0.2, 0) is 6.42 Å². The molecule has 4 N–H and O–H groups in total. The van der Waals surface area contributed by atoms with Crippen LogP contribution in [-0.4, -0.2) is 18.9 Å². The van der Waals surface area contributed by atoms with E-state index >= 15 is 0 Å². The summed E-state index contributed by atoms with van der Waals surface area (Å²) in [5.74, 6) is 1.58. The van der Waals surface area contributed by atoms with Gasteiger partial charge in [-0.05, 0) is 30.7 Å². The van der Waals surface area contributed by atoms with Crippen LogP contribution in [0.5, 0.6) is 0 Å². The third-order valence-corrected chi connectivity index (χ3v) is 4.10. The average molecular weight is 323 g/mol. The third kappa shape index (κ3) is 2.83. The summed E-state index contributed by atoms with van der Waals surface area (Å²) in [6.07, 6.45) is 2.56. The highest BCUT2D eigenvalue weighted by Crippen LogP contribution is 2.08. The predicted molar refractivity (Wildman–Crippen MR) is 93.0 cm³/mol. The highest BCUT2D eigenvalue weighted by Gasteiger charge is 2.14. The summed E-state index contributed by atoms with van der Waals surface area (Å²) in [5.41, 5.74) is 7.81. The average Bonchev–Trinajstić information content (AvgIpc) is 2.61. The Morgan fingerprint density at radius 1 is 1.08 bits per heavy atom. The van der Waals surface area contributed by atoms with E-state index in [1.54, 1.807) is 6.07 Å². The van der Waals surface area contributed by atoms with Crippen LogP contribution < -0.4 is 31.9 Å². The zero-order valence-electron chi connectivity index (χ0n) is 13.1. The summed E-state index contributed by atoms with van der Waals surface area (Å²) in [6.45, 7) is 1.27. The minimum atomic E-state index is -0.154. The largest absolute Gasteiger partial charge is 0.327 e. The van der Waals surface area contributed by atoms with Crippen LogP contribution in [0, 0.1) is 5.82 Å². The van der Waals surface area contributed by atoms with Crippen molar-refractivity contribution in [1.29, 1.82) is 0 Å². The number of hydrogen-bond acceptors (Lipinski definition) is 5. The monoisotopic (exact) mass is 323 g/mol. The molecule has 0 spiro atoms. The standard InChI is InChI=1S/C18H18FN5/c19-14-6-2-1-4-12(14)8-9-20-11-16-22-15-7-3-5-13-10-21-24-18(23-16)17(13)15/h1-7,10,20-21,24H,8-9,11H2,(H,22,23). The van der Waals surface area contributed by atoms with Crippen molar-refractivity contribution in [1.82, 2.24) is 21.5 Å². The molecule has 0 bridgehead atoms. The smallest absolute Gasteiger partial charge is 0.133 e. The Hall–Kier alpha value is -2.86. The second-order valence-electron chi connectivity index (χ2n) is 5.73. The van der Waals surface area contributed by atoms with E-state index in [1.807, 2.05) is 36.5 Å². The van der Waals surface area contributed by atoms with Gasteiger partial charge in [-0.2, -0.15) is 0 Å². The molecule has 5 nitrogen and oxygen atoms in total. The van der Waals surface area contributed by atoms with Gasteiger partial charge in [-0.3, -0.25) is 5.43 Å². The Kier molecular flexibility index (Phi) is 3.88. The summed E-state index contributed by atoms with van der Waals surface area (Å²) in [5, 5.41) is 8.78. The number of halogens is 1. The van der Waals surface area contributed by atoms with E-state index in [0.29, 0.717) is 19.5 Å². The van der Waals surface area contributed by atoms with Gasteiger partial charge in [0.2, 0.25) is 0 Å². The molecular formula is C18H18FN5. The van der Waals surface area contributed by atoms with Crippen LogP contribution in [0.25, 0.3) is 12.0 Å². The van der Waals surface area contributed by atoms with Crippen LogP contribution in [0.4, 0.5) is 10.1 Å². The molecule has 0 fully saturated rings. The molecule has 0 aromatic heterocycles. The number of nitrogens with zero attached hydrogens (tertiary/aromatic N) is 1. The SMILES string of the molecule is Fc1ccccc1CCNCC1=Nc2cccc3c2=C(NNC=3)N1. The number of benzene rings is 2. The molecule has 0 atom stereocenters. The van der Waals surface area contributed by atoms with Gasteiger partial charge < -0.3 is 16.1 Å². The highest BCUT2D eigenvalue weighted by atomic mass is 19.1. The van der Waals surface area contributed by atoms with Crippen molar-refractivity contribution in [3.8, 4) is 0 Å². The van der Waals surface area contributed by atoms with E-state index in [2.05, 4.69) is 26.5 Å². The topological polar surface area (TPSA) is 60.5 Å². The number of rotatable bonds is 5. The molecule has 2 aromatic rings. The first-order chi connectivity index (χ1) is 11.8. The zero-order valence-corrected chi connectivity index (χ0v) is 13.1. The molecule has 0 unspecified atom stereocenters. The van der Waals surface area contributed by atoms with Crippen LogP contribution in [0.3, 0.4) is 0 Å². The van der Waals surface area contributed by atoms with Gasteiger partial charge in [0, 0.05) is 11.4 Å². The van der Waals surface area contributed by atoms with Crippen molar-refractivity contribution in [3.63, 3.8) is 0 Å². The predicted octanol–water partition coefficient (Wildman–Crippen LogP) is 0.203. The quantitative estimate of drug-likeness (QED) is 0.594. The Bertz CT molecular complexity index is 919. The lowest BCUT2D eigenvalue weighted by molar-refractivity contribution is 0.603. The van der Waals surface area contributed by atoms with E-state index in [9.17, 15) is 4.39 Å². The van der Waals surface area contributed by atoms with E-state index in [0.717, 1.165) is 33.3 Å². The summed E-state index contributed by atoms with van der Waals surface area (Å²) in [4.78, 5) is 4.66. The molecule has 0 saturated heterocycles. The molecular weight excluding hydrogens is 305 g/mol. The Morgan fingerprint density at radius 3 is 2.92 bits per heavy atom. The van der Waals surface area contributed by atoms with Crippen molar-refractivity contribution in [2.24, 2.45) is 4.99 Å². The normalized spacial score (nSPS) is 14.5. The third-order valence-electron chi connectivity index (χ3n) is 4.10. The van der Waals surface area contributed by atoms with Crippen molar-refractivity contribution in [2.75, 3.05) is 13.1 Å². The number of nitrogens with one attached hydrogen (secondary N) is 4. The molecule has 24 heavy (non-hydrogen) atoms. The molecule has 2 aliphatic heterocycles. The van der Waals surface area contributed by atoms with Crippen molar-refractivity contribution in [2.45, 2.75) is 6.42 Å². The molecule has 6 heteroatoms. The first-order valence-corrected chi connectivity index (χ1v) is 7.95. The van der Waals surface area contributed by atoms with Gasteiger partial charge in [-0.1, -0.05) is 30.3 Å². The lowest BCUT2D eigenvalue weighted by atomic mass is 10.1. The van der Waals surface area contributed by atoms with E-state index < -0.39 is 0 Å². The fourth-order valence-corrected chi connectivity index (χ4v) is 2.92. The Morgan fingerprint density at radius 2 is 2.00 bits per heavy atom. The minimum absolute atomic E-state index is 0.154. The minimum Gasteiger partial charge on any atom is -0.327 e. The van der Waals surface area contributed by atoms with Gasteiger partial charge >= 0.3 is 0 Å². The summed E-state index contributed by atoms with van der Waals surface area (Å²) in [6, 6.07) is 12.9. The van der Waals surface area contributed by atoms with Gasteiger partial charge in [0.15, 0.2) is 0 Å². The van der Waals surface area contributed by atoms with Crippen LogP contribution in [0.1, 0.15) is 5.56 Å². The molecule has 0 aliphatic carbocycles. The number of hydrazine groups is 1. The van der Waals surface area contributed by atoms with Gasteiger partial charge in [0.25, 0.3) is 0 Å². The zero-order chi connectivity index (χ0) is 16.4. The Labute approximate surface area is 139 Å². The summed E-state index contributed by atoms with van der Waals surface area (Å²) >= 11 is 0. The van der Waals surface area contributed by atoms with Crippen LogP contribution in [0.2, 0.25) is 0 Å². The van der Waals surface area contributed by atoms with Crippen molar-refractivity contribution >= 4 is 23.5 Å². The fraction of sp³-hybridized carbons (Fsp3) is 0.167. The van der Waals surface area contributed by atoms with Gasteiger partial charge in [0.05, 0.1) is 17.5 Å². The van der Waals surface area contributed by atoms with E-state index in [-0.39, 0.29) is 5.82 Å². The molecule has 4 rings (SSSR count). The van der Waals surface area contributed by atoms with Crippen molar-refractivity contribution < 1.29 is 4.39 Å². The molecule has 0 radical (unpaired) electrons. The van der Waals surface area contributed by atoms with Crippen LogP contribution in [0.15, 0.2) is 47.5 Å². The molecule has 122 valence electrons. The van der Waals surface area contributed by atoms with E-state index in [4.69, 9.17) is 0 Å². The second kappa shape index (κ2) is 6.33. The van der Waals surface area contributed by atoms with E-state index in [1.165, 1.54) is 6.07 Å². The fourth-order valence-electron chi connectivity index (χ4n) is 2.92. The maximum atomic E-state index is 13.6. The molecule has 2 heterocycles. The summed E-state index contributed by atoms with van der Waals surface area (Å²) in [7, 11) is 0. The lowest BCUT2D eigenvalue weighted by Crippen LogP contribution is -2.52. The number of aliphatic imine (C=N–C) groups is 1.